The van der Waals surface area contributed by atoms with Crippen molar-refractivity contribution in [2.24, 2.45) is 11.7 Å². The average molecular weight is 269 g/mol. The molecular formula is C17H19NO2. The van der Waals surface area contributed by atoms with Gasteiger partial charge in [0.25, 0.3) is 0 Å². The number of carbonyl (C=O) groups is 1. The molecule has 1 atom stereocenters. The van der Waals surface area contributed by atoms with Gasteiger partial charge in [0.15, 0.2) is 0 Å². The maximum absolute atomic E-state index is 11.8. The maximum atomic E-state index is 11.8. The Morgan fingerprint density at radius 1 is 0.950 bits per heavy atom. The minimum Gasteiger partial charge on any atom is -0.425 e. The molecule has 0 aromatic heterocycles. The fraction of sp³-hybridized carbons (Fsp3) is 0.235. The molecule has 0 fully saturated rings. The third-order valence-corrected chi connectivity index (χ3v) is 3.17. The van der Waals surface area contributed by atoms with Crippen molar-refractivity contribution in [3.63, 3.8) is 0 Å². The van der Waals surface area contributed by atoms with Gasteiger partial charge in [0.2, 0.25) is 0 Å². The van der Waals surface area contributed by atoms with E-state index in [1.165, 1.54) is 0 Å². The molecule has 104 valence electrons. The zero-order valence-electron chi connectivity index (χ0n) is 11.7. The first-order valence-electron chi connectivity index (χ1n) is 6.70. The molecule has 3 nitrogen and oxygen atoms in total. The van der Waals surface area contributed by atoms with Crippen LogP contribution in [0.25, 0.3) is 11.1 Å². The molecule has 0 bridgehead atoms. The fourth-order valence-electron chi connectivity index (χ4n) is 1.80. The van der Waals surface area contributed by atoms with Crippen LogP contribution in [0.3, 0.4) is 0 Å². The van der Waals surface area contributed by atoms with Crippen LogP contribution in [-0.4, -0.2) is 12.0 Å². The second kappa shape index (κ2) is 6.35. The number of hydrogen-bond donors (Lipinski definition) is 1. The summed E-state index contributed by atoms with van der Waals surface area (Å²) in [6.45, 7) is 3.79. The summed E-state index contributed by atoms with van der Waals surface area (Å²) in [7, 11) is 0. The van der Waals surface area contributed by atoms with Crippen molar-refractivity contribution in [1.29, 1.82) is 0 Å². The highest BCUT2D eigenvalue weighted by Gasteiger charge is 2.19. The molecule has 0 heterocycles. The highest BCUT2D eigenvalue weighted by atomic mass is 16.5. The van der Waals surface area contributed by atoms with Crippen molar-refractivity contribution in [2.45, 2.75) is 19.9 Å². The first kappa shape index (κ1) is 14.3. The molecule has 0 saturated heterocycles. The van der Waals surface area contributed by atoms with Gasteiger partial charge in [0.05, 0.1) is 0 Å². The smallest absolute Gasteiger partial charge is 0.328 e. The normalized spacial score (nSPS) is 12.2. The van der Waals surface area contributed by atoms with Crippen molar-refractivity contribution in [3.05, 3.63) is 54.6 Å². The summed E-state index contributed by atoms with van der Waals surface area (Å²) in [6.07, 6.45) is 0. The van der Waals surface area contributed by atoms with E-state index in [0.29, 0.717) is 5.75 Å². The van der Waals surface area contributed by atoms with E-state index in [0.717, 1.165) is 11.1 Å². The van der Waals surface area contributed by atoms with Gasteiger partial charge in [-0.3, -0.25) is 0 Å². The van der Waals surface area contributed by atoms with Crippen LogP contribution in [0.4, 0.5) is 0 Å². The molecule has 0 aliphatic rings. The van der Waals surface area contributed by atoms with E-state index in [-0.39, 0.29) is 5.92 Å². The largest absolute Gasteiger partial charge is 0.425 e. The lowest BCUT2D eigenvalue weighted by molar-refractivity contribution is -0.136. The van der Waals surface area contributed by atoms with Gasteiger partial charge in [-0.05, 0) is 29.2 Å². The number of hydrogen-bond acceptors (Lipinski definition) is 3. The summed E-state index contributed by atoms with van der Waals surface area (Å²) in [6, 6.07) is 16.9. The summed E-state index contributed by atoms with van der Waals surface area (Å²) >= 11 is 0. The minimum atomic E-state index is -0.594. The van der Waals surface area contributed by atoms with Crippen molar-refractivity contribution >= 4 is 5.97 Å². The van der Waals surface area contributed by atoms with Crippen LogP contribution in [0, 0.1) is 5.92 Å². The monoisotopic (exact) mass is 269 g/mol. The summed E-state index contributed by atoms with van der Waals surface area (Å²) < 4.78 is 5.26. The first-order valence-corrected chi connectivity index (χ1v) is 6.70. The molecule has 0 aliphatic heterocycles. The standard InChI is InChI=1S/C17H19NO2/c1-12(2)16(18)17(19)20-15-10-8-14(9-11-15)13-6-4-3-5-7-13/h3-12,16H,18H2,1-2H3. The molecule has 0 aliphatic carbocycles. The van der Waals surface area contributed by atoms with Gasteiger partial charge in [-0.1, -0.05) is 56.3 Å². The highest BCUT2D eigenvalue weighted by Crippen LogP contribution is 2.22. The van der Waals surface area contributed by atoms with Crippen LogP contribution in [-0.2, 0) is 4.79 Å². The van der Waals surface area contributed by atoms with E-state index < -0.39 is 12.0 Å². The highest BCUT2D eigenvalue weighted by molar-refractivity contribution is 5.78. The summed E-state index contributed by atoms with van der Waals surface area (Å²) in [5, 5.41) is 0. The molecule has 0 radical (unpaired) electrons. The lowest BCUT2D eigenvalue weighted by Crippen LogP contribution is -2.38. The quantitative estimate of drug-likeness (QED) is 0.684. The zero-order chi connectivity index (χ0) is 14.5. The van der Waals surface area contributed by atoms with E-state index in [1.807, 2.05) is 56.3 Å². The third-order valence-electron chi connectivity index (χ3n) is 3.17. The number of benzene rings is 2. The second-order valence-electron chi connectivity index (χ2n) is 5.08. The van der Waals surface area contributed by atoms with Crippen molar-refractivity contribution in [3.8, 4) is 16.9 Å². The maximum Gasteiger partial charge on any atom is 0.328 e. The number of carbonyl (C=O) groups excluding carboxylic acids is 1. The fourth-order valence-corrected chi connectivity index (χ4v) is 1.80. The number of nitrogens with two attached hydrogens (primary N) is 1. The molecule has 1 unspecified atom stereocenters. The van der Waals surface area contributed by atoms with Gasteiger partial charge in [-0.2, -0.15) is 0 Å². The van der Waals surface area contributed by atoms with E-state index in [4.69, 9.17) is 10.5 Å². The van der Waals surface area contributed by atoms with Crippen LogP contribution in [0.15, 0.2) is 54.6 Å². The molecule has 2 rings (SSSR count). The van der Waals surface area contributed by atoms with Crippen LogP contribution in [0.2, 0.25) is 0 Å². The van der Waals surface area contributed by atoms with Crippen molar-refractivity contribution in [2.75, 3.05) is 0 Å². The van der Waals surface area contributed by atoms with Gasteiger partial charge in [-0.15, -0.1) is 0 Å². The van der Waals surface area contributed by atoms with Crippen LogP contribution >= 0.6 is 0 Å². The minimum absolute atomic E-state index is 0.0612. The van der Waals surface area contributed by atoms with Crippen LogP contribution in [0.1, 0.15) is 13.8 Å². The molecule has 2 N–H and O–H groups in total. The van der Waals surface area contributed by atoms with Gasteiger partial charge in [0.1, 0.15) is 11.8 Å². The Morgan fingerprint density at radius 3 is 2.05 bits per heavy atom. The Kier molecular flexibility index (Phi) is 4.53. The SMILES string of the molecule is CC(C)C(N)C(=O)Oc1ccc(-c2ccccc2)cc1. The van der Waals surface area contributed by atoms with Crippen molar-refractivity contribution in [1.82, 2.24) is 0 Å². The predicted octanol–water partition coefficient (Wildman–Crippen LogP) is 3.24. The zero-order valence-corrected chi connectivity index (χ0v) is 11.7. The number of esters is 1. The Morgan fingerprint density at radius 2 is 1.50 bits per heavy atom. The molecule has 2 aromatic rings. The second-order valence-corrected chi connectivity index (χ2v) is 5.08. The van der Waals surface area contributed by atoms with Crippen LogP contribution in [0.5, 0.6) is 5.75 Å². The third kappa shape index (κ3) is 3.45. The molecule has 0 amide bonds. The molecule has 20 heavy (non-hydrogen) atoms. The molecule has 2 aromatic carbocycles. The molecule has 0 saturated carbocycles. The van der Waals surface area contributed by atoms with Gasteiger partial charge in [-0.25, -0.2) is 4.79 Å². The van der Waals surface area contributed by atoms with Gasteiger partial charge in [0, 0.05) is 0 Å². The Labute approximate surface area is 119 Å². The van der Waals surface area contributed by atoms with Crippen LogP contribution < -0.4 is 10.5 Å². The Balaban J connectivity index is 2.08. The van der Waals surface area contributed by atoms with E-state index in [1.54, 1.807) is 12.1 Å². The Hall–Kier alpha value is -2.13. The van der Waals surface area contributed by atoms with Gasteiger partial charge >= 0.3 is 5.97 Å². The number of rotatable bonds is 4. The van der Waals surface area contributed by atoms with Gasteiger partial charge < -0.3 is 10.5 Å². The summed E-state index contributed by atoms with van der Waals surface area (Å²) in [5.74, 6) is 0.185. The van der Waals surface area contributed by atoms with Crippen molar-refractivity contribution < 1.29 is 9.53 Å². The topological polar surface area (TPSA) is 52.3 Å². The van der Waals surface area contributed by atoms with E-state index in [2.05, 4.69) is 0 Å². The first-order chi connectivity index (χ1) is 9.58. The summed E-state index contributed by atoms with van der Waals surface area (Å²) in [4.78, 5) is 11.8. The molecule has 3 heteroatoms. The molecule has 0 spiro atoms. The molecular weight excluding hydrogens is 250 g/mol. The average Bonchev–Trinajstić information content (AvgIpc) is 2.48. The van der Waals surface area contributed by atoms with E-state index in [9.17, 15) is 4.79 Å². The lowest BCUT2D eigenvalue weighted by Gasteiger charge is -2.14. The summed E-state index contributed by atoms with van der Waals surface area (Å²) in [5.41, 5.74) is 7.97. The predicted molar refractivity (Wildman–Crippen MR) is 80.3 cm³/mol. The Bertz CT molecular complexity index is 561. The number of ether oxygens (including phenoxy) is 1. The van der Waals surface area contributed by atoms with E-state index >= 15 is 0 Å². The lowest BCUT2D eigenvalue weighted by atomic mass is 10.1.